The second kappa shape index (κ2) is 3.33. The molecule has 0 unspecified atom stereocenters. The molecular weight excluding hydrogens is 212 g/mol. The highest BCUT2D eigenvalue weighted by molar-refractivity contribution is 6.05. The Morgan fingerprint density at radius 2 is 2.00 bits per heavy atom. The SMILES string of the molecule is CC(C)(C#N)c1ccc2c(c1)C(C)(C)C(=O)N2. The van der Waals surface area contributed by atoms with Crippen molar-refractivity contribution in [3.05, 3.63) is 29.3 Å². The van der Waals surface area contributed by atoms with Crippen LogP contribution in [0.15, 0.2) is 18.2 Å². The molecule has 0 fully saturated rings. The molecule has 1 aromatic rings. The zero-order valence-electron chi connectivity index (χ0n) is 10.6. The molecule has 0 saturated heterocycles. The molecule has 0 saturated carbocycles. The van der Waals surface area contributed by atoms with E-state index in [9.17, 15) is 4.79 Å². The van der Waals surface area contributed by atoms with Crippen LogP contribution >= 0.6 is 0 Å². The van der Waals surface area contributed by atoms with Crippen molar-refractivity contribution in [1.82, 2.24) is 0 Å². The van der Waals surface area contributed by atoms with Gasteiger partial charge in [-0.15, -0.1) is 0 Å². The number of hydrogen-bond acceptors (Lipinski definition) is 2. The van der Waals surface area contributed by atoms with Gasteiger partial charge in [-0.05, 0) is 44.9 Å². The Hall–Kier alpha value is -1.82. The summed E-state index contributed by atoms with van der Waals surface area (Å²) in [6.45, 7) is 7.56. The minimum Gasteiger partial charge on any atom is -0.325 e. The van der Waals surface area contributed by atoms with Crippen LogP contribution in [0.2, 0.25) is 0 Å². The molecule has 1 heterocycles. The van der Waals surface area contributed by atoms with E-state index in [0.29, 0.717) is 0 Å². The molecule has 0 radical (unpaired) electrons. The molecule has 88 valence electrons. The number of nitriles is 1. The average molecular weight is 228 g/mol. The summed E-state index contributed by atoms with van der Waals surface area (Å²) in [5.74, 6) is 0.0133. The average Bonchev–Trinajstić information content (AvgIpc) is 2.50. The van der Waals surface area contributed by atoms with Crippen molar-refractivity contribution in [2.75, 3.05) is 5.32 Å². The first-order chi connectivity index (χ1) is 7.79. The summed E-state index contributed by atoms with van der Waals surface area (Å²) in [6.07, 6.45) is 0. The zero-order valence-corrected chi connectivity index (χ0v) is 10.6. The van der Waals surface area contributed by atoms with E-state index in [0.717, 1.165) is 16.8 Å². The second-order valence-corrected chi connectivity index (χ2v) is 5.58. The Bertz CT molecular complexity index is 536. The number of hydrogen-bond donors (Lipinski definition) is 1. The van der Waals surface area contributed by atoms with E-state index in [-0.39, 0.29) is 5.91 Å². The maximum absolute atomic E-state index is 11.8. The van der Waals surface area contributed by atoms with Crippen molar-refractivity contribution in [3.8, 4) is 6.07 Å². The number of nitrogens with zero attached hydrogens (tertiary/aromatic N) is 1. The first-order valence-corrected chi connectivity index (χ1v) is 5.67. The van der Waals surface area contributed by atoms with Gasteiger partial charge in [-0.2, -0.15) is 5.26 Å². The van der Waals surface area contributed by atoms with Crippen LogP contribution in [0.3, 0.4) is 0 Å². The van der Waals surface area contributed by atoms with E-state index in [1.807, 2.05) is 45.9 Å². The number of fused-ring (bicyclic) bond motifs is 1. The van der Waals surface area contributed by atoms with Gasteiger partial charge in [0.1, 0.15) is 0 Å². The van der Waals surface area contributed by atoms with Crippen molar-refractivity contribution in [3.63, 3.8) is 0 Å². The minimum absolute atomic E-state index is 0.0133. The maximum atomic E-state index is 11.8. The molecule has 17 heavy (non-hydrogen) atoms. The highest BCUT2D eigenvalue weighted by Gasteiger charge is 2.39. The molecule has 3 heteroatoms. The van der Waals surface area contributed by atoms with Gasteiger partial charge in [-0.25, -0.2) is 0 Å². The number of carbonyl (C=O) groups is 1. The van der Waals surface area contributed by atoms with Crippen molar-refractivity contribution < 1.29 is 4.79 Å². The van der Waals surface area contributed by atoms with Crippen LogP contribution in [0.1, 0.15) is 38.8 Å². The van der Waals surface area contributed by atoms with Gasteiger partial charge < -0.3 is 5.32 Å². The summed E-state index contributed by atoms with van der Waals surface area (Å²) in [5, 5.41) is 12.0. The van der Waals surface area contributed by atoms with E-state index >= 15 is 0 Å². The summed E-state index contributed by atoms with van der Waals surface area (Å²) in [5.41, 5.74) is 1.73. The molecule has 0 bridgehead atoms. The zero-order chi connectivity index (χ0) is 12.8. The van der Waals surface area contributed by atoms with Crippen molar-refractivity contribution in [2.45, 2.75) is 38.5 Å². The molecule has 3 nitrogen and oxygen atoms in total. The predicted octanol–water partition coefficient (Wildman–Crippen LogP) is 2.72. The van der Waals surface area contributed by atoms with Crippen LogP contribution in [-0.2, 0) is 15.6 Å². The standard InChI is InChI=1S/C14H16N2O/c1-13(2,8-15)9-5-6-11-10(7-9)14(3,4)12(17)16-11/h5-7H,1-4H3,(H,16,17). The number of amides is 1. The fourth-order valence-corrected chi connectivity index (χ4v) is 2.02. The van der Waals surface area contributed by atoms with Gasteiger partial charge in [-0.3, -0.25) is 4.79 Å². The topological polar surface area (TPSA) is 52.9 Å². The van der Waals surface area contributed by atoms with Crippen molar-refractivity contribution >= 4 is 11.6 Å². The molecule has 0 spiro atoms. The number of anilines is 1. The summed E-state index contributed by atoms with van der Waals surface area (Å²) in [7, 11) is 0. The highest BCUT2D eigenvalue weighted by Crippen LogP contribution is 2.39. The quantitative estimate of drug-likeness (QED) is 0.803. The van der Waals surface area contributed by atoms with Crippen molar-refractivity contribution in [2.24, 2.45) is 0 Å². The number of nitrogens with one attached hydrogen (secondary N) is 1. The second-order valence-electron chi connectivity index (χ2n) is 5.58. The Balaban J connectivity index is 2.58. The lowest BCUT2D eigenvalue weighted by Crippen LogP contribution is -2.27. The smallest absolute Gasteiger partial charge is 0.234 e. The largest absolute Gasteiger partial charge is 0.325 e. The Kier molecular flexibility index (Phi) is 2.29. The summed E-state index contributed by atoms with van der Waals surface area (Å²) >= 11 is 0. The molecule has 0 atom stereocenters. The van der Waals surface area contributed by atoms with E-state index in [1.165, 1.54) is 0 Å². The van der Waals surface area contributed by atoms with E-state index in [1.54, 1.807) is 0 Å². The lowest BCUT2D eigenvalue weighted by atomic mass is 9.80. The van der Waals surface area contributed by atoms with Gasteiger partial charge in [0.05, 0.1) is 16.9 Å². The monoisotopic (exact) mass is 228 g/mol. The number of carbonyl (C=O) groups excluding carboxylic acids is 1. The summed E-state index contributed by atoms with van der Waals surface area (Å²) < 4.78 is 0. The molecule has 0 aromatic heterocycles. The molecule has 2 rings (SSSR count). The fraction of sp³-hybridized carbons (Fsp3) is 0.429. The third kappa shape index (κ3) is 1.61. The molecule has 1 N–H and O–H groups in total. The molecule has 0 aliphatic carbocycles. The first kappa shape index (κ1) is 11.7. The highest BCUT2D eigenvalue weighted by atomic mass is 16.2. The minimum atomic E-state index is -0.531. The van der Waals surface area contributed by atoms with Gasteiger partial charge in [0.15, 0.2) is 0 Å². The normalized spacial score (nSPS) is 17.2. The van der Waals surface area contributed by atoms with Crippen LogP contribution in [0.25, 0.3) is 0 Å². The van der Waals surface area contributed by atoms with E-state index in [4.69, 9.17) is 5.26 Å². The predicted molar refractivity (Wildman–Crippen MR) is 66.7 cm³/mol. The van der Waals surface area contributed by atoms with Gasteiger partial charge in [0, 0.05) is 5.69 Å². The van der Waals surface area contributed by atoms with E-state index < -0.39 is 10.8 Å². The lowest BCUT2D eigenvalue weighted by Gasteiger charge is -2.20. The Morgan fingerprint density at radius 3 is 2.59 bits per heavy atom. The lowest BCUT2D eigenvalue weighted by molar-refractivity contribution is -0.119. The van der Waals surface area contributed by atoms with Crippen LogP contribution in [-0.4, -0.2) is 5.91 Å². The molecule has 1 aromatic carbocycles. The molecule has 1 amide bonds. The fourth-order valence-electron chi connectivity index (χ4n) is 2.02. The third-order valence-electron chi connectivity index (χ3n) is 3.51. The van der Waals surface area contributed by atoms with Gasteiger partial charge in [0.25, 0.3) is 0 Å². The first-order valence-electron chi connectivity index (χ1n) is 5.67. The maximum Gasteiger partial charge on any atom is 0.234 e. The third-order valence-corrected chi connectivity index (χ3v) is 3.51. The molecular formula is C14H16N2O. The van der Waals surface area contributed by atoms with Gasteiger partial charge in [-0.1, -0.05) is 12.1 Å². The summed E-state index contributed by atoms with van der Waals surface area (Å²) in [4.78, 5) is 11.8. The molecule has 1 aliphatic rings. The Morgan fingerprint density at radius 1 is 1.35 bits per heavy atom. The number of benzene rings is 1. The Labute approximate surface area is 101 Å². The van der Waals surface area contributed by atoms with Gasteiger partial charge in [0.2, 0.25) is 5.91 Å². The van der Waals surface area contributed by atoms with Crippen LogP contribution in [0.5, 0.6) is 0 Å². The molecule has 1 aliphatic heterocycles. The van der Waals surface area contributed by atoms with Crippen LogP contribution < -0.4 is 5.32 Å². The van der Waals surface area contributed by atoms with Crippen molar-refractivity contribution in [1.29, 1.82) is 5.26 Å². The van der Waals surface area contributed by atoms with E-state index in [2.05, 4.69) is 11.4 Å². The van der Waals surface area contributed by atoms with Crippen LogP contribution in [0, 0.1) is 11.3 Å². The number of rotatable bonds is 1. The summed E-state index contributed by atoms with van der Waals surface area (Å²) in [6, 6.07) is 8.04. The van der Waals surface area contributed by atoms with Crippen LogP contribution in [0.4, 0.5) is 5.69 Å². The van der Waals surface area contributed by atoms with Gasteiger partial charge >= 0.3 is 0 Å².